The minimum atomic E-state index is -0.146. The number of aromatic amines is 1. The molecular weight excluding hydrogens is 280 g/mol. The van der Waals surface area contributed by atoms with Crippen molar-refractivity contribution in [3.05, 3.63) is 45.5 Å². The zero-order valence-corrected chi connectivity index (χ0v) is 12.8. The van der Waals surface area contributed by atoms with Gasteiger partial charge in [0.05, 0.1) is 12.2 Å². The molecule has 0 radical (unpaired) electrons. The van der Waals surface area contributed by atoms with Gasteiger partial charge in [-0.15, -0.1) is 0 Å². The Morgan fingerprint density at radius 2 is 2.05 bits per heavy atom. The van der Waals surface area contributed by atoms with Crippen molar-refractivity contribution in [1.82, 2.24) is 19.9 Å². The fourth-order valence-electron chi connectivity index (χ4n) is 2.71. The summed E-state index contributed by atoms with van der Waals surface area (Å²) in [6.45, 7) is 4.09. The monoisotopic (exact) mass is 300 g/mol. The first-order valence-electron chi connectivity index (χ1n) is 7.41. The van der Waals surface area contributed by atoms with E-state index in [1.165, 1.54) is 6.07 Å². The predicted octanol–water partition coefficient (Wildman–Crippen LogP) is 0.994. The summed E-state index contributed by atoms with van der Waals surface area (Å²) in [5.41, 5.74) is 7.42. The van der Waals surface area contributed by atoms with Gasteiger partial charge in [-0.2, -0.15) is 0 Å². The summed E-state index contributed by atoms with van der Waals surface area (Å²) in [7, 11) is 0. The number of anilines is 1. The molecule has 2 aromatic heterocycles. The van der Waals surface area contributed by atoms with Crippen LogP contribution in [0.1, 0.15) is 41.8 Å². The highest BCUT2D eigenvalue weighted by Crippen LogP contribution is 2.35. The van der Waals surface area contributed by atoms with Gasteiger partial charge in [-0.25, -0.2) is 15.0 Å². The van der Waals surface area contributed by atoms with Gasteiger partial charge in [0.2, 0.25) is 0 Å². The molecule has 2 aromatic rings. The Bertz CT molecular complexity index is 735. The number of hydrogen-bond donors (Lipinski definition) is 3. The Morgan fingerprint density at radius 3 is 2.73 bits per heavy atom. The van der Waals surface area contributed by atoms with Gasteiger partial charge >= 0.3 is 0 Å². The molecule has 0 bridgehead atoms. The third kappa shape index (κ3) is 3.30. The van der Waals surface area contributed by atoms with Crippen LogP contribution >= 0.6 is 0 Å². The minimum Gasteiger partial charge on any atom is -0.364 e. The summed E-state index contributed by atoms with van der Waals surface area (Å²) in [4.78, 5) is 27.2. The first-order valence-corrected chi connectivity index (χ1v) is 7.41. The molecule has 0 unspecified atom stereocenters. The van der Waals surface area contributed by atoms with Crippen LogP contribution < -0.4 is 16.6 Å². The van der Waals surface area contributed by atoms with E-state index >= 15 is 0 Å². The highest BCUT2D eigenvalue weighted by Gasteiger charge is 2.28. The van der Waals surface area contributed by atoms with Crippen molar-refractivity contribution in [3.63, 3.8) is 0 Å². The second kappa shape index (κ2) is 5.84. The molecule has 0 amide bonds. The SMILES string of the molecule is Cc1nc(NCc2cc(=O)[nH]c(C)n2)cc(C2CC(N)C2)n1. The zero-order valence-electron chi connectivity index (χ0n) is 12.8. The molecule has 116 valence electrons. The molecule has 1 fully saturated rings. The Morgan fingerprint density at radius 1 is 1.27 bits per heavy atom. The molecule has 1 saturated carbocycles. The minimum absolute atomic E-state index is 0.146. The van der Waals surface area contributed by atoms with Crippen LogP contribution in [0.5, 0.6) is 0 Å². The van der Waals surface area contributed by atoms with Gasteiger partial charge < -0.3 is 16.0 Å². The fraction of sp³-hybridized carbons (Fsp3) is 0.467. The molecule has 0 saturated heterocycles. The maximum absolute atomic E-state index is 11.4. The van der Waals surface area contributed by atoms with E-state index in [-0.39, 0.29) is 5.56 Å². The molecule has 0 atom stereocenters. The van der Waals surface area contributed by atoms with Crippen molar-refractivity contribution in [3.8, 4) is 0 Å². The van der Waals surface area contributed by atoms with E-state index in [4.69, 9.17) is 5.73 Å². The number of rotatable bonds is 4. The lowest BCUT2D eigenvalue weighted by molar-refractivity contribution is 0.344. The number of nitrogens with one attached hydrogen (secondary N) is 2. The summed E-state index contributed by atoms with van der Waals surface area (Å²) < 4.78 is 0. The number of nitrogens with two attached hydrogens (primary N) is 1. The van der Waals surface area contributed by atoms with Crippen LogP contribution in [0, 0.1) is 13.8 Å². The summed E-state index contributed by atoms with van der Waals surface area (Å²) in [6.07, 6.45) is 1.95. The maximum atomic E-state index is 11.4. The Labute approximate surface area is 128 Å². The normalized spacial score (nSPS) is 20.5. The number of hydrogen-bond acceptors (Lipinski definition) is 6. The van der Waals surface area contributed by atoms with E-state index in [2.05, 4.69) is 25.3 Å². The molecule has 7 heteroatoms. The maximum Gasteiger partial charge on any atom is 0.251 e. The Balaban J connectivity index is 1.73. The van der Waals surface area contributed by atoms with Gasteiger partial charge in [0, 0.05) is 29.8 Å². The molecule has 3 rings (SSSR count). The Hall–Kier alpha value is -2.28. The van der Waals surface area contributed by atoms with Crippen molar-refractivity contribution in [1.29, 1.82) is 0 Å². The lowest BCUT2D eigenvalue weighted by atomic mass is 9.78. The predicted molar refractivity (Wildman–Crippen MR) is 83.6 cm³/mol. The second-order valence-corrected chi connectivity index (χ2v) is 5.83. The van der Waals surface area contributed by atoms with Gasteiger partial charge in [-0.05, 0) is 26.7 Å². The largest absolute Gasteiger partial charge is 0.364 e. The molecule has 7 nitrogen and oxygen atoms in total. The molecule has 0 spiro atoms. The molecule has 2 heterocycles. The van der Waals surface area contributed by atoms with Crippen LogP contribution in [0.3, 0.4) is 0 Å². The van der Waals surface area contributed by atoms with E-state index in [0.717, 1.165) is 30.2 Å². The van der Waals surface area contributed by atoms with E-state index in [1.807, 2.05) is 13.0 Å². The van der Waals surface area contributed by atoms with Crippen LogP contribution in [-0.2, 0) is 6.54 Å². The number of H-pyrrole nitrogens is 1. The van der Waals surface area contributed by atoms with Gasteiger partial charge in [-0.3, -0.25) is 4.79 Å². The van der Waals surface area contributed by atoms with Crippen LogP contribution in [0.25, 0.3) is 0 Å². The first kappa shape index (κ1) is 14.6. The lowest BCUT2D eigenvalue weighted by Crippen LogP contribution is -2.35. The number of nitrogens with zero attached hydrogens (tertiary/aromatic N) is 3. The fourth-order valence-corrected chi connectivity index (χ4v) is 2.71. The molecular formula is C15H20N6O. The van der Waals surface area contributed by atoms with Crippen LogP contribution in [0.4, 0.5) is 5.82 Å². The van der Waals surface area contributed by atoms with Crippen LogP contribution in [0.2, 0.25) is 0 Å². The third-order valence-electron chi connectivity index (χ3n) is 3.81. The van der Waals surface area contributed by atoms with Gasteiger partial charge in [0.15, 0.2) is 0 Å². The van der Waals surface area contributed by atoms with E-state index < -0.39 is 0 Å². The highest BCUT2D eigenvalue weighted by atomic mass is 16.1. The smallest absolute Gasteiger partial charge is 0.251 e. The standard InChI is InChI=1S/C15H20N6O/c1-8-18-12(5-15(22)21-8)7-17-14-6-13(19-9(2)20-14)10-3-11(16)4-10/h5-6,10-11H,3-4,7,16H2,1-2H3,(H,17,19,20)(H,18,21,22). The van der Waals surface area contributed by atoms with Crippen molar-refractivity contribution < 1.29 is 0 Å². The molecule has 0 aromatic carbocycles. The van der Waals surface area contributed by atoms with E-state index in [1.54, 1.807) is 6.92 Å². The second-order valence-electron chi connectivity index (χ2n) is 5.83. The van der Waals surface area contributed by atoms with Crippen LogP contribution in [-0.4, -0.2) is 26.0 Å². The summed E-state index contributed by atoms with van der Waals surface area (Å²) >= 11 is 0. The molecule has 1 aliphatic carbocycles. The van der Waals surface area contributed by atoms with Crippen LogP contribution in [0.15, 0.2) is 16.9 Å². The lowest BCUT2D eigenvalue weighted by Gasteiger charge is -2.32. The third-order valence-corrected chi connectivity index (χ3v) is 3.81. The number of aryl methyl sites for hydroxylation is 2. The van der Waals surface area contributed by atoms with E-state index in [9.17, 15) is 4.79 Å². The van der Waals surface area contributed by atoms with Gasteiger partial charge in [-0.1, -0.05) is 0 Å². The van der Waals surface area contributed by atoms with Gasteiger partial charge in [0.25, 0.3) is 5.56 Å². The quantitative estimate of drug-likeness (QED) is 0.777. The highest BCUT2D eigenvalue weighted by molar-refractivity contribution is 5.38. The molecule has 22 heavy (non-hydrogen) atoms. The van der Waals surface area contributed by atoms with Crippen molar-refractivity contribution in [2.24, 2.45) is 5.73 Å². The van der Waals surface area contributed by atoms with E-state index in [0.29, 0.717) is 30.0 Å². The average Bonchev–Trinajstić information content (AvgIpc) is 2.40. The first-order chi connectivity index (χ1) is 10.5. The number of aromatic nitrogens is 4. The zero-order chi connectivity index (χ0) is 15.7. The van der Waals surface area contributed by atoms with Crippen molar-refractivity contribution >= 4 is 5.82 Å². The summed E-state index contributed by atoms with van der Waals surface area (Å²) in [6, 6.07) is 3.74. The van der Waals surface area contributed by atoms with Crippen molar-refractivity contribution in [2.45, 2.75) is 45.2 Å². The Kier molecular flexibility index (Phi) is 3.89. The topological polar surface area (TPSA) is 110 Å². The average molecular weight is 300 g/mol. The summed E-state index contributed by atoms with van der Waals surface area (Å²) in [5.74, 6) is 2.52. The van der Waals surface area contributed by atoms with Gasteiger partial charge in [0.1, 0.15) is 17.5 Å². The molecule has 0 aliphatic heterocycles. The molecule has 1 aliphatic rings. The molecule has 4 N–H and O–H groups in total. The van der Waals surface area contributed by atoms with Crippen molar-refractivity contribution in [2.75, 3.05) is 5.32 Å². The summed E-state index contributed by atoms with van der Waals surface area (Å²) in [5, 5.41) is 3.21.